The molecule has 15 nitrogen and oxygen atoms in total. The number of nitrogens with one attached hydrogen (secondary N) is 3. The van der Waals surface area contributed by atoms with Crippen molar-refractivity contribution in [2.45, 2.75) is 59.9 Å². The van der Waals surface area contributed by atoms with E-state index < -0.39 is 18.3 Å². The zero-order chi connectivity index (χ0) is 56.0. The van der Waals surface area contributed by atoms with Gasteiger partial charge in [-0.15, -0.1) is 34.0 Å². The summed E-state index contributed by atoms with van der Waals surface area (Å²) >= 11 is 4.27. The van der Waals surface area contributed by atoms with Crippen molar-refractivity contribution < 1.29 is 29.7 Å². The van der Waals surface area contributed by atoms with Gasteiger partial charge in [0.2, 0.25) is 23.6 Å². The van der Waals surface area contributed by atoms with E-state index >= 15 is 0 Å². The number of carbonyl (C=O) groups is 3. The van der Waals surface area contributed by atoms with Gasteiger partial charge in [-0.3, -0.25) is 14.4 Å². The van der Waals surface area contributed by atoms with Crippen molar-refractivity contribution in [3.8, 4) is 31.7 Å². The Labute approximate surface area is 469 Å². The monoisotopic (exact) mass is 1110 g/mol. The summed E-state index contributed by atoms with van der Waals surface area (Å²) in [5.41, 5.74) is 7.80. The highest BCUT2D eigenvalue weighted by atomic mass is 32.1. The molecule has 6 aromatic heterocycles. The molecule has 0 spiro atoms. The minimum atomic E-state index is -0.546. The molecule has 400 valence electrons. The minimum Gasteiger partial charge on any atom is -0.389 e. The number of aromatic nitrogens is 6. The molecule has 6 N–H and O–H groups in total. The molecule has 0 amide bonds. The zero-order valence-electron chi connectivity index (χ0n) is 44.0. The Morgan fingerprint density at radius 2 is 0.797 bits per heavy atom. The molecule has 6 heterocycles. The van der Waals surface area contributed by atoms with Crippen LogP contribution in [0.25, 0.3) is 31.7 Å². The molecule has 4 aromatic carbocycles. The number of ketones is 3. The number of aliphatic hydroxyl groups is 3. The molecular formula is C61H57N9O6S3. The maximum absolute atomic E-state index is 12.6. The summed E-state index contributed by atoms with van der Waals surface area (Å²) < 4.78 is 0. The molecule has 3 unspecified atom stereocenters. The van der Waals surface area contributed by atoms with Crippen LogP contribution in [0.4, 0.5) is 34.9 Å². The summed E-state index contributed by atoms with van der Waals surface area (Å²) in [6.45, 7) is 10.5. The number of rotatable bonds is 17. The van der Waals surface area contributed by atoms with Crippen molar-refractivity contribution >= 4 is 86.3 Å². The van der Waals surface area contributed by atoms with Gasteiger partial charge in [-0.25, -0.2) is 29.9 Å². The molecule has 3 atom stereocenters. The van der Waals surface area contributed by atoms with Crippen LogP contribution in [0.1, 0.15) is 111 Å². The number of hydrogen-bond donors (Lipinski definition) is 6. The highest BCUT2D eigenvalue weighted by molar-refractivity contribution is 7.18. The first-order chi connectivity index (χ1) is 38.1. The Balaban J connectivity index is 0.000000157. The quantitative estimate of drug-likeness (QED) is 0.0466. The summed E-state index contributed by atoms with van der Waals surface area (Å²) in [5, 5.41) is 38.6. The lowest BCUT2D eigenvalue weighted by atomic mass is 10.1. The fourth-order valence-electron chi connectivity index (χ4n) is 7.57. The number of nitrogens with zero attached hydrogens (tertiary/aromatic N) is 6. The molecule has 0 saturated carbocycles. The number of thiophene rings is 3. The molecule has 0 radical (unpaired) electrons. The summed E-state index contributed by atoms with van der Waals surface area (Å²) in [7, 11) is 0. The van der Waals surface area contributed by atoms with Crippen LogP contribution in [-0.2, 0) is 0 Å². The fraction of sp³-hybridized carbons (Fsp3) is 0.164. The lowest BCUT2D eigenvalue weighted by Gasteiger charge is -2.09. The van der Waals surface area contributed by atoms with Gasteiger partial charge >= 0.3 is 0 Å². The molecule has 79 heavy (non-hydrogen) atoms. The number of carbonyl (C=O) groups excluding carboxylic acids is 3. The smallest absolute Gasteiger partial charge is 0.227 e. The summed E-state index contributed by atoms with van der Waals surface area (Å²) in [6, 6.07) is 48.4. The Bertz CT molecular complexity index is 3690. The van der Waals surface area contributed by atoms with Gasteiger partial charge in [-0.05, 0) is 135 Å². The van der Waals surface area contributed by atoms with Gasteiger partial charge in [0.05, 0.1) is 64.7 Å². The molecule has 10 rings (SSSR count). The SMILES string of the molecule is CC(=O)c1ccc(-c2ccnc(Nc3cccc(C(C)O)c3)n2)s1.CC(C)C(=O)c1ccc(-c2ccnc(Nc3cccc(C(C)O)c3)n2)s1.CC(O)c1cccc(Nc2nccc(-c3ccc(C(=O)c4ccccc4)s3)n2)c1. The second kappa shape index (κ2) is 26.7. The molecule has 0 aliphatic heterocycles. The summed E-state index contributed by atoms with van der Waals surface area (Å²) in [5.74, 6) is 1.56. The van der Waals surface area contributed by atoms with Gasteiger partial charge in [-0.1, -0.05) is 80.6 Å². The van der Waals surface area contributed by atoms with E-state index in [9.17, 15) is 29.7 Å². The lowest BCUT2D eigenvalue weighted by molar-refractivity contribution is 0.0942. The topological polar surface area (TPSA) is 225 Å². The van der Waals surface area contributed by atoms with Crippen molar-refractivity contribution in [3.63, 3.8) is 0 Å². The zero-order valence-corrected chi connectivity index (χ0v) is 46.5. The van der Waals surface area contributed by atoms with Crippen LogP contribution in [-0.4, -0.2) is 62.6 Å². The standard InChI is InChI=1S/C23H19N3O2S.C20H21N3O2S.C18H17N3O2S/c1-15(27)17-8-5-9-18(14-17)25-23-24-13-12-19(26-23)20-10-11-21(29-20)22(28)16-6-3-2-4-7-16;1-12(2)19(25)18-8-7-17(26-18)16-9-10-21-20(23-16)22-15-6-4-5-14(11-15)13(3)24;1-11(22)13-4-3-5-14(10-13)20-18-19-9-8-15(21-18)17-7-6-16(24-17)12(2)23/h2-15,27H,1H3,(H,24,25,26);4-13,24H,1-3H3,(H,21,22,23);3-11,22H,1-2H3,(H,19,20,21). The van der Waals surface area contributed by atoms with E-state index in [2.05, 4.69) is 45.9 Å². The van der Waals surface area contributed by atoms with Crippen molar-refractivity contribution in [1.29, 1.82) is 0 Å². The maximum Gasteiger partial charge on any atom is 0.227 e. The van der Waals surface area contributed by atoms with Crippen LogP contribution in [0.2, 0.25) is 0 Å². The number of hydrogen-bond acceptors (Lipinski definition) is 18. The predicted molar refractivity (Wildman–Crippen MR) is 316 cm³/mol. The van der Waals surface area contributed by atoms with E-state index in [4.69, 9.17) is 0 Å². The first-order valence-electron chi connectivity index (χ1n) is 25.2. The molecule has 0 aliphatic rings. The molecule has 18 heteroatoms. The first-order valence-corrected chi connectivity index (χ1v) is 27.6. The van der Waals surface area contributed by atoms with Gasteiger partial charge in [0.15, 0.2) is 11.6 Å². The fourth-order valence-corrected chi connectivity index (χ4v) is 10.4. The molecule has 0 bridgehead atoms. The van der Waals surface area contributed by atoms with Crippen LogP contribution in [0.15, 0.2) is 176 Å². The normalized spacial score (nSPS) is 12.0. The van der Waals surface area contributed by atoms with E-state index in [1.165, 1.54) is 34.0 Å². The average Bonchev–Trinajstić information content (AvgIpc) is 4.32. The highest BCUT2D eigenvalue weighted by Gasteiger charge is 2.17. The molecule has 0 saturated heterocycles. The summed E-state index contributed by atoms with van der Waals surface area (Å²) in [4.78, 5) is 67.4. The van der Waals surface area contributed by atoms with E-state index in [0.29, 0.717) is 33.2 Å². The number of Topliss-reactive ketones (excluding diaryl/α,β-unsaturated/α-hetero) is 2. The van der Waals surface area contributed by atoms with Gasteiger partial charge in [0.1, 0.15) is 0 Å². The van der Waals surface area contributed by atoms with Gasteiger partial charge in [-0.2, -0.15) is 0 Å². The summed E-state index contributed by atoms with van der Waals surface area (Å²) in [6.07, 6.45) is 3.43. The van der Waals surface area contributed by atoms with Gasteiger partial charge < -0.3 is 31.3 Å². The van der Waals surface area contributed by atoms with Crippen LogP contribution < -0.4 is 16.0 Å². The van der Waals surface area contributed by atoms with Crippen molar-refractivity contribution in [2.24, 2.45) is 5.92 Å². The average molecular weight is 1110 g/mol. The Kier molecular flexibility index (Phi) is 19.2. The van der Waals surface area contributed by atoms with Crippen molar-refractivity contribution in [1.82, 2.24) is 29.9 Å². The lowest BCUT2D eigenvalue weighted by Crippen LogP contribution is -2.04. The van der Waals surface area contributed by atoms with Crippen LogP contribution >= 0.6 is 34.0 Å². The van der Waals surface area contributed by atoms with Crippen LogP contribution in [0.5, 0.6) is 0 Å². The number of aliphatic hydroxyl groups excluding tert-OH is 3. The van der Waals surface area contributed by atoms with Crippen molar-refractivity contribution in [3.05, 3.63) is 213 Å². The number of anilines is 6. The van der Waals surface area contributed by atoms with Crippen LogP contribution in [0, 0.1) is 5.92 Å². The minimum absolute atomic E-state index is 0.00388. The van der Waals surface area contributed by atoms with E-state index in [0.717, 1.165) is 70.3 Å². The van der Waals surface area contributed by atoms with Crippen LogP contribution in [0.3, 0.4) is 0 Å². The molecular weight excluding hydrogens is 1050 g/mol. The molecule has 0 fully saturated rings. The molecule has 0 aliphatic carbocycles. The molecule has 10 aromatic rings. The van der Waals surface area contributed by atoms with Gasteiger partial charge in [0, 0.05) is 47.1 Å². The Hall–Kier alpha value is -8.49. The third-order valence-electron chi connectivity index (χ3n) is 11.8. The highest BCUT2D eigenvalue weighted by Crippen LogP contribution is 2.32. The van der Waals surface area contributed by atoms with E-state index in [1.807, 2.05) is 172 Å². The third kappa shape index (κ3) is 15.6. The van der Waals surface area contributed by atoms with Gasteiger partial charge in [0.25, 0.3) is 0 Å². The first kappa shape index (κ1) is 56.7. The van der Waals surface area contributed by atoms with E-state index in [-0.39, 0.29) is 23.3 Å². The second-order valence-corrected chi connectivity index (χ2v) is 21.6. The Morgan fingerprint density at radius 3 is 1.16 bits per heavy atom. The Morgan fingerprint density at radius 1 is 0.430 bits per heavy atom. The maximum atomic E-state index is 12.6. The predicted octanol–water partition coefficient (Wildman–Crippen LogP) is 14.3. The second-order valence-electron chi connectivity index (χ2n) is 18.3. The number of benzene rings is 4. The largest absolute Gasteiger partial charge is 0.389 e. The third-order valence-corrected chi connectivity index (χ3v) is 15.2. The van der Waals surface area contributed by atoms with E-state index in [1.54, 1.807) is 46.3 Å². The van der Waals surface area contributed by atoms with Crippen molar-refractivity contribution in [2.75, 3.05) is 16.0 Å².